The number of anilines is 1. The minimum atomic E-state index is -0.821. The first-order chi connectivity index (χ1) is 14.0. The minimum absolute atomic E-state index is 0.0939. The van der Waals surface area contributed by atoms with Crippen molar-refractivity contribution in [2.24, 2.45) is 5.92 Å². The summed E-state index contributed by atoms with van der Waals surface area (Å²) in [4.78, 5) is 42.3. The number of rotatable bonds is 4. The van der Waals surface area contributed by atoms with E-state index in [1.807, 2.05) is 42.2 Å². The molecule has 2 aliphatic carbocycles. The van der Waals surface area contributed by atoms with Crippen molar-refractivity contribution in [3.05, 3.63) is 30.3 Å². The maximum Gasteiger partial charge on any atom is 0.325 e. The summed E-state index contributed by atoms with van der Waals surface area (Å²) in [5.74, 6) is -0.303. The van der Waals surface area contributed by atoms with Gasteiger partial charge in [-0.25, -0.2) is 4.79 Å². The number of nitrogens with one attached hydrogen (secondary N) is 1. The summed E-state index contributed by atoms with van der Waals surface area (Å²) in [6.07, 6.45) is 8.91. The number of urea groups is 1. The van der Waals surface area contributed by atoms with E-state index < -0.39 is 11.6 Å². The highest BCUT2D eigenvalue weighted by atomic mass is 16.2. The third kappa shape index (κ3) is 3.65. The lowest BCUT2D eigenvalue weighted by Gasteiger charge is -2.37. The summed E-state index contributed by atoms with van der Waals surface area (Å²) < 4.78 is 0. The molecule has 6 nitrogen and oxygen atoms in total. The van der Waals surface area contributed by atoms with E-state index in [9.17, 15) is 14.4 Å². The second-order valence-corrected chi connectivity index (χ2v) is 8.83. The van der Waals surface area contributed by atoms with E-state index >= 15 is 0 Å². The maximum absolute atomic E-state index is 13.4. The second-order valence-electron chi connectivity index (χ2n) is 8.83. The monoisotopic (exact) mass is 397 g/mol. The largest absolute Gasteiger partial charge is 0.325 e. The van der Waals surface area contributed by atoms with Crippen LogP contribution in [0.3, 0.4) is 0 Å². The fourth-order valence-electron chi connectivity index (χ4n) is 5.34. The van der Waals surface area contributed by atoms with Gasteiger partial charge in [0.15, 0.2) is 0 Å². The van der Waals surface area contributed by atoms with Crippen molar-refractivity contribution in [1.29, 1.82) is 0 Å². The lowest BCUT2D eigenvalue weighted by Crippen LogP contribution is -2.54. The van der Waals surface area contributed by atoms with E-state index in [1.165, 1.54) is 6.42 Å². The Labute approximate surface area is 172 Å². The molecule has 2 atom stereocenters. The maximum atomic E-state index is 13.4. The molecule has 1 aliphatic heterocycles. The molecule has 3 fully saturated rings. The minimum Gasteiger partial charge on any atom is -0.323 e. The lowest BCUT2D eigenvalue weighted by molar-refractivity contribution is -0.136. The number of nitrogens with zero attached hydrogens (tertiary/aromatic N) is 2. The molecule has 156 valence electrons. The molecule has 0 radical (unpaired) electrons. The molecule has 0 bridgehead atoms. The third-order valence-corrected chi connectivity index (χ3v) is 7.04. The highest BCUT2D eigenvalue weighted by Crippen LogP contribution is 2.38. The molecule has 4 amide bonds. The molecule has 2 saturated carbocycles. The zero-order chi connectivity index (χ0) is 20.4. The van der Waals surface area contributed by atoms with Crippen LogP contribution in [0.4, 0.5) is 10.5 Å². The van der Waals surface area contributed by atoms with Gasteiger partial charge >= 0.3 is 6.03 Å². The van der Waals surface area contributed by atoms with E-state index in [0.29, 0.717) is 6.42 Å². The molecule has 1 aromatic rings. The Morgan fingerprint density at radius 3 is 2.45 bits per heavy atom. The fourth-order valence-corrected chi connectivity index (χ4v) is 5.34. The number of amides is 4. The number of hydrogen-bond donors (Lipinski definition) is 1. The van der Waals surface area contributed by atoms with Gasteiger partial charge in [-0.3, -0.25) is 14.5 Å². The Bertz CT molecular complexity index is 775. The van der Waals surface area contributed by atoms with Crippen LogP contribution in [0.25, 0.3) is 0 Å². The Balaban J connectivity index is 1.56. The Hall–Kier alpha value is -2.37. The van der Waals surface area contributed by atoms with Crippen LogP contribution in [0.15, 0.2) is 30.3 Å². The number of imide groups is 1. The van der Waals surface area contributed by atoms with Gasteiger partial charge in [-0.2, -0.15) is 0 Å². The van der Waals surface area contributed by atoms with Crippen molar-refractivity contribution in [3.8, 4) is 0 Å². The van der Waals surface area contributed by atoms with Crippen molar-refractivity contribution in [2.45, 2.75) is 76.3 Å². The van der Waals surface area contributed by atoms with E-state index in [-0.39, 0.29) is 30.3 Å². The molecule has 1 N–H and O–H groups in total. The molecular weight excluding hydrogens is 366 g/mol. The predicted molar refractivity (Wildman–Crippen MR) is 111 cm³/mol. The standard InChI is InChI=1S/C23H31N3O3/c1-17-10-8-9-15-23(17)21(28)25(22(29)24-23)16-20(27)26(18-11-4-2-5-12-18)19-13-6-3-7-14-19/h2,4-5,11-12,17,19H,3,6-10,13-16H2,1H3,(H,24,29)/t17-,23-/m1/s1. The lowest BCUT2D eigenvalue weighted by atomic mass is 9.73. The molecule has 1 saturated heterocycles. The number of para-hydroxylation sites is 1. The Kier molecular flexibility index (Phi) is 5.61. The SMILES string of the molecule is C[C@@H]1CCCC[C@@]12NC(=O)N(CC(=O)N(c1ccccc1)C1CCCCC1)C2=O. The van der Waals surface area contributed by atoms with E-state index in [2.05, 4.69) is 5.32 Å². The molecule has 0 unspecified atom stereocenters. The van der Waals surface area contributed by atoms with Gasteiger partial charge in [-0.1, -0.05) is 57.2 Å². The van der Waals surface area contributed by atoms with Gasteiger partial charge in [0.2, 0.25) is 5.91 Å². The van der Waals surface area contributed by atoms with Crippen LogP contribution < -0.4 is 10.2 Å². The van der Waals surface area contributed by atoms with Crippen LogP contribution in [0.2, 0.25) is 0 Å². The first-order valence-corrected chi connectivity index (χ1v) is 11.0. The number of carbonyl (C=O) groups is 3. The van der Waals surface area contributed by atoms with Gasteiger partial charge in [0.05, 0.1) is 0 Å². The van der Waals surface area contributed by atoms with Gasteiger partial charge in [-0.05, 0) is 43.7 Å². The van der Waals surface area contributed by atoms with Crippen molar-refractivity contribution in [2.75, 3.05) is 11.4 Å². The highest BCUT2D eigenvalue weighted by molar-refractivity contribution is 6.10. The predicted octanol–water partition coefficient (Wildman–Crippen LogP) is 3.85. The number of carbonyl (C=O) groups excluding carboxylic acids is 3. The van der Waals surface area contributed by atoms with Crippen molar-refractivity contribution < 1.29 is 14.4 Å². The van der Waals surface area contributed by atoms with Gasteiger partial charge in [-0.15, -0.1) is 0 Å². The molecule has 6 heteroatoms. The molecular formula is C23H31N3O3. The van der Waals surface area contributed by atoms with Gasteiger partial charge in [0.25, 0.3) is 5.91 Å². The van der Waals surface area contributed by atoms with Crippen LogP contribution in [0.1, 0.15) is 64.7 Å². The average molecular weight is 398 g/mol. The van der Waals surface area contributed by atoms with Crippen LogP contribution >= 0.6 is 0 Å². The van der Waals surface area contributed by atoms with Gasteiger partial charge < -0.3 is 10.2 Å². The molecule has 1 spiro atoms. The highest BCUT2D eigenvalue weighted by Gasteiger charge is 2.55. The Morgan fingerprint density at radius 1 is 1.07 bits per heavy atom. The van der Waals surface area contributed by atoms with Crippen LogP contribution in [-0.2, 0) is 9.59 Å². The first kappa shape index (κ1) is 19.9. The summed E-state index contributed by atoms with van der Waals surface area (Å²) >= 11 is 0. The second kappa shape index (κ2) is 8.17. The summed E-state index contributed by atoms with van der Waals surface area (Å²) in [5, 5.41) is 2.95. The zero-order valence-electron chi connectivity index (χ0n) is 17.2. The summed E-state index contributed by atoms with van der Waals surface area (Å²) in [5.41, 5.74) is 0.0232. The van der Waals surface area contributed by atoms with Gasteiger partial charge in [0.1, 0.15) is 12.1 Å². The van der Waals surface area contributed by atoms with E-state index in [1.54, 1.807) is 0 Å². The van der Waals surface area contributed by atoms with Crippen LogP contribution in [0, 0.1) is 5.92 Å². The smallest absolute Gasteiger partial charge is 0.323 e. The summed E-state index contributed by atoms with van der Waals surface area (Å²) in [6, 6.07) is 9.34. The van der Waals surface area contributed by atoms with Crippen molar-refractivity contribution >= 4 is 23.5 Å². The molecule has 1 aromatic carbocycles. The molecule has 29 heavy (non-hydrogen) atoms. The molecule has 3 aliphatic rings. The summed E-state index contributed by atoms with van der Waals surface area (Å²) in [7, 11) is 0. The zero-order valence-corrected chi connectivity index (χ0v) is 17.2. The molecule has 4 rings (SSSR count). The fraction of sp³-hybridized carbons (Fsp3) is 0.609. The third-order valence-electron chi connectivity index (χ3n) is 7.04. The van der Waals surface area contributed by atoms with E-state index in [0.717, 1.165) is 55.5 Å². The number of hydrogen-bond acceptors (Lipinski definition) is 3. The van der Waals surface area contributed by atoms with Crippen molar-refractivity contribution in [1.82, 2.24) is 10.2 Å². The summed E-state index contributed by atoms with van der Waals surface area (Å²) in [6.45, 7) is 1.84. The molecule has 0 aromatic heterocycles. The van der Waals surface area contributed by atoms with Crippen molar-refractivity contribution in [3.63, 3.8) is 0 Å². The normalized spacial score (nSPS) is 27.9. The topological polar surface area (TPSA) is 69.7 Å². The van der Waals surface area contributed by atoms with Crippen LogP contribution in [-0.4, -0.2) is 40.9 Å². The first-order valence-electron chi connectivity index (χ1n) is 11.0. The van der Waals surface area contributed by atoms with Gasteiger partial charge in [0, 0.05) is 11.7 Å². The molecule has 1 heterocycles. The Morgan fingerprint density at radius 2 is 1.76 bits per heavy atom. The van der Waals surface area contributed by atoms with Crippen LogP contribution in [0.5, 0.6) is 0 Å². The average Bonchev–Trinajstić information content (AvgIpc) is 2.97. The van der Waals surface area contributed by atoms with E-state index in [4.69, 9.17) is 0 Å². The number of benzene rings is 1. The quantitative estimate of drug-likeness (QED) is 0.785.